The third-order valence-electron chi connectivity index (χ3n) is 2.93. The van der Waals surface area contributed by atoms with Crippen LogP contribution in [0.15, 0.2) is 24.3 Å². The number of aryl methyl sites for hydroxylation is 2. The molecule has 0 saturated carbocycles. The van der Waals surface area contributed by atoms with E-state index in [-0.39, 0.29) is 6.61 Å². The van der Waals surface area contributed by atoms with Crippen molar-refractivity contribution in [3.63, 3.8) is 0 Å². The fourth-order valence-corrected chi connectivity index (χ4v) is 2.18. The van der Waals surface area contributed by atoms with Crippen molar-refractivity contribution < 1.29 is 5.11 Å². The van der Waals surface area contributed by atoms with Gasteiger partial charge < -0.3 is 9.67 Å². The number of hydrogen-bond acceptors (Lipinski definition) is 1. The quantitative estimate of drug-likeness (QED) is 0.814. The maximum absolute atomic E-state index is 9.02. The average molecular weight is 203 g/mol. The number of aliphatic hydroxyl groups excluding tert-OH is 1. The number of benzene rings is 1. The number of nitrogens with zero attached hydrogens (tertiary/aromatic N) is 1. The summed E-state index contributed by atoms with van der Waals surface area (Å²) in [7, 11) is 0. The van der Waals surface area contributed by atoms with Crippen molar-refractivity contribution in [2.24, 2.45) is 0 Å². The molecule has 1 aromatic carbocycles. The molecule has 2 nitrogen and oxygen atoms in total. The van der Waals surface area contributed by atoms with Crippen LogP contribution < -0.4 is 0 Å². The van der Waals surface area contributed by atoms with Crippen molar-refractivity contribution in [1.82, 2.24) is 4.57 Å². The fraction of sp³-hybridized carbons (Fsp3) is 0.385. The van der Waals surface area contributed by atoms with E-state index in [0.29, 0.717) is 0 Å². The molecule has 15 heavy (non-hydrogen) atoms. The predicted octanol–water partition coefficient (Wildman–Crippen LogP) is 2.50. The molecule has 0 amide bonds. The van der Waals surface area contributed by atoms with Gasteiger partial charge in [-0.2, -0.15) is 0 Å². The van der Waals surface area contributed by atoms with E-state index in [1.165, 1.54) is 22.2 Å². The minimum Gasteiger partial charge on any atom is -0.396 e. The fourth-order valence-electron chi connectivity index (χ4n) is 2.18. The van der Waals surface area contributed by atoms with Crippen molar-refractivity contribution >= 4 is 10.9 Å². The number of hydrogen-bond donors (Lipinski definition) is 1. The summed E-state index contributed by atoms with van der Waals surface area (Å²) in [6, 6.07) is 8.56. The molecule has 0 atom stereocenters. The highest BCUT2D eigenvalue weighted by Gasteiger charge is 2.07. The average Bonchev–Trinajstić information content (AvgIpc) is 2.58. The van der Waals surface area contributed by atoms with Gasteiger partial charge in [0.2, 0.25) is 0 Å². The Labute approximate surface area is 90.2 Å². The molecule has 1 N–H and O–H groups in total. The summed E-state index contributed by atoms with van der Waals surface area (Å²) < 4.78 is 2.28. The molecule has 1 aromatic heterocycles. The number of fused-ring (bicyclic) bond motifs is 1. The Morgan fingerprint density at radius 1 is 1.33 bits per heavy atom. The molecule has 2 rings (SSSR count). The largest absolute Gasteiger partial charge is 0.396 e. The van der Waals surface area contributed by atoms with Gasteiger partial charge in [0.15, 0.2) is 0 Å². The van der Waals surface area contributed by atoms with E-state index in [2.05, 4.69) is 42.7 Å². The lowest BCUT2D eigenvalue weighted by Gasteiger charge is -2.06. The zero-order chi connectivity index (χ0) is 10.8. The van der Waals surface area contributed by atoms with E-state index in [0.717, 1.165) is 13.0 Å². The van der Waals surface area contributed by atoms with Gasteiger partial charge in [0.1, 0.15) is 0 Å². The third kappa shape index (κ3) is 1.65. The Kier molecular flexibility index (Phi) is 2.78. The molecule has 0 aliphatic rings. The normalized spacial score (nSPS) is 11.1. The van der Waals surface area contributed by atoms with E-state index in [1.54, 1.807) is 0 Å². The highest BCUT2D eigenvalue weighted by atomic mass is 16.3. The van der Waals surface area contributed by atoms with Crippen molar-refractivity contribution in [1.29, 1.82) is 0 Å². The SMILES string of the molecule is CCn1c(CCO)cc2c(C)cccc21. The zero-order valence-electron chi connectivity index (χ0n) is 9.33. The monoisotopic (exact) mass is 203 g/mol. The summed E-state index contributed by atoms with van der Waals surface area (Å²) in [4.78, 5) is 0. The van der Waals surface area contributed by atoms with Gasteiger partial charge in [0.25, 0.3) is 0 Å². The Hall–Kier alpha value is -1.28. The molecule has 0 aliphatic heterocycles. The summed E-state index contributed by atoms with van der Waals surface area (Å²) in [5.74, 6) is 0. The molecule has 2 aromatic rings. The molecule has 0 bridgehead atoms. The second-order valence-electron chi connectivity index (χ2n) is 3.86. The van der Waals surface area contributed by atoms with E-state index in [9.17, 15) is 0 Å². The molecule has 0 radical (unpaired) electrons. The van der Waals surface area contributed by atoms with Crippen molar-refractivity contribution in [3.05, 3.63) is 35.5 Å². The van der Waals surface area contributed by atoms with Gasteiger partial charge in [-0.1, -0.05) is 12.1 Å². The third-order valence-corrected chi connectivity index (χ3v) is 2.93. The minimum absolute atomic E-state index is 0.218. The van der Waals surface area contributed by atoms with E-state index in [1.807, 2.05) is 0 Å². The van der Waals surface area contributed by atoms with Crippen LogP contribution in [0.4, 0.5) is 0 Å². The molecule has 0 aliphatic carbocycles. The lowest BCUT2D eigenvalue weighted by atomic mass is 10.1. The maximum atomic E-state index is 9.02. The standard InChI is InChI=1S/C13H17NO/c1-3-14-11(7-8-15)9-12-10(2)5-4-6-13(12)14/h4-6,9,15H,3,7-8H2,1-2H3. The van der Waals surface area contributed by atoms with Crippen LogP contribution in [0.25, 0.3) is 10.9 Å². The van der Waals surface area contributed by atoms with E-state index >= 15 is 0 Å². The molecule has 2 heteroatoms. The van der Waals surface area contributed by atoms with Crippen molar-refractivity contribution in [2.75, 3.05) is 6.61 Å². The first-order valence-electron chi connectivity index (χ1n) is 5.46. The number of aromatic nitrogens is 1. The second kappa shape index (κ2) is 4.07. The first kappa shape index (κ1) is 10.2. The zero-order valence-corrected chi connectivity index (χ0v) is 9.33. The van der Waals surface area contributed by atoms with E-state index in [4.69, 9.17) is 5.11 Å². The Balaban J connectivity index is 2.67. The predicted molar refractivity (Wildman–Crippen MR) is 63.1 cm³/mol. The molecule has 0 fully saturated rings. The van der Waals surface area contributed by atoms with Crippen molar-refractivity contribution in [2.45, 2.75) is 26.8 Å². The number of rotatable bonds is 3. The summed E-state index contributed by atoms with van der Waals surface area (Å²) in [5.41, 5.74) is 3.81. The maximum Gasteiger partial charge on any atom is 0.0485 e. The minimum atomic E-state index is 0.218. The first-order valence-corrected chi connectivity index (χ1v) is 5.46. The Morgan fingerprint density at radius 2 is 2.13 bits per heavy atom. The van der Waals surface area contributed by atoms with Crippen LogP contribution in [0.3, 0.4) is 0 Å². The van der Waals surface area contributed by atoms with Gasteiger partial charge in [-0.15, -0.1) is 0 Å². The van der Waals surface area contributed by atoms with Crippen LogP contribution in [0.1, 0.15) is 18.2 Å². The van der Waals surface area contributed by atoms with Gasteiger partial charge in [-0.3, -0.25) is 0 Å². The molecule has 1 heterocycles. The lowest BCUT2D eigenvalue weighted by Crippen LogP contribution is -2.02. The van der Waals surface area contributed by atoms with Gasteiger partial charge in [0, 0.05) is 36.2 Å². The van der Waals surface area contributed by atoms with Crippen molar-refractivity contribution in [3.8, 4) is 0 Å². The highest BCUT2D eigenvalue weighted by Crippen LogP contribution is 2.23. The highest BCUT2D eigenvalue weighted by molar-refractivity contribution is 5.84. The van der Waals surface area contributed by atoms with E-state index < -0.39 is 0 Å². The summed E-state index contributed by atoms with van der Waals surface area (Å²) in [6.45, 7) is 5.45. The van der Waals surface area contributed by atoms with Gasteiger partial charge in [-0.25, -0.2) is 0 Å². The molecule has 0 spiro atoms. The Morgan fingerprint density at radius 3 is 2.80 bits per heavy atom. The topological polar surface area (TPSA) is 25.2 Å². The second-order valence-corrected chi connectivity index (χ2v) is 3.86. The Bertz CT molecular complexity index is 471. The summed E-state index contributed by atoms with van der Waals surface area (Å²) in [6.07, 6.45) is 0.738. The molecule has 0 unspecified atom stereocenters. The first-order chi connectivity index (χ1) is 7.27. The van der Waals surface area contributed by atoms with Crippen LogP contribution in [-0.4, -0.2) is 16.3 Å². The van der Waals surface area contributed by atoms with Gasteiger partial charge >= 0.3 is 0 Å². The summed E-state index contributed by atoms with van der Waals surface area (Å²) in [5, 5.41) is 10.3. The summed E-state index contributed by atoms with van der Waals surface area (Å²) >= 11 is 0. The van der Waals surface area contributed by atoms with Crippen LogP contribution in [-0.2, 0) is 13.0 Å². The molecule has 0 saturated heterocycles. The van der Waals surface area contributed by atoms with Crippen LogP contribution in [0.5, 0.6) is 0 Å². The molecular formula is C13H17NO. The van der Waals surface area contributed by atoms with Crippen LogP contribution in [0, 0.1) is 6.92 Å². The van der Waals surface area contributed by atoms with Gasteiger partial charge in [0.05, 0.1) is 0 Å². The van der Waals surface area contributed by atoms with Gasteiger partial charge in [-0.05, 0) is 31.5 Å². The number of aliphatic hydroxyl groups is 1. The lowest BCUT2D eigenvalue weighted by molar-refractivity contribution is 0.296. The van der Waals surface area contributed by atoms with Crippen LogP contribution >= 0.6 is 0 Å². The molecular weight excluding hydrogens is 186 g/mol. The van der Waals surface area contributed by atoms with Crippen LogP contribution in [0.2, 0.25) is 0 Å². The molecule has 80 valence electrons. The smallest absolute Gasteiger partial charge is 0.0485 e.